The Morgan fingerprint density at radius 1 is 1.19 bits per heavy atom. The summed E-state index contributed by atoms with van der Waals surface area (Å²) in [5.74, 6) is 0. The summed E-state index contributed by atoms with van der Waals surface area (Å²) in [5, 5.41) is 3.05. The molecule has 1 aromatic carbocycles. The van der Waals surface area contributed by atoms with Crippen LogP contribution in [0.5, 0.6) is 0 Å². The topological polar surface area (TPSA) is 45.7 Å². The number of hydrogen-bond acceptors (Lipinski definition) is 5. The van der Waals surface area contributed by atoms with Crippen molar-refractivity contribution in [3.63, 3.8) is 0 Å². The van der Waals surface area contributed by atoms with Crippen molar-refractivity contribution >= 4 is 22.6 Å². The highest BCUT2D eigenvalue weighted by atomic mass is 32.1. The molecule has 2 aromatic rings. The number of benzene rings is 1. The molecule has 0 spiro atoms. The zero-order chi connectivity index (χ0) is 19.3. The molecule has 0 aliphatic rings. The number of amides is 1. The molecule has 0 aliphatic heterocycles. The highest BCUT2D eigenvalue weighted by Crippen LogP contribution is 2.26. The Labute approximate surface area is 160 Å². The minimum atomic E-state index is -0.484. The molecular formula is C20H29N3O2S. The molecule has 0 bridgehead atoms. The summed E-state index contributed by atoms with van der Waals surface area (Å²) >= 11 is 1.63. The van der Waals surface area contributed by atoms with Gasteiger partial charge >= 0.3 is 6.09 Å². The molecule has 142 valence electrons. The molecule has 2 rings (SSSR count). The van der Waals surface area contributed by atoms with Crippen LogP contribution in [0.2, 0.25) is 0 Å². The Morgan fingerprint density at radius 3 is 2.35 bits per heavy atom. The smallest absolute Gasteiger partial charge is 0.410 e. The summed E-state index contributed by atoms with van der Waals surface area (Å²) in [6.07, 6.45) is 0.627. The first kappa shape index (κ1) is 20.2. The van der Waals surface area contributed by atoms with Crippen LogP contribution >= 0.6 is 11.3 Å². The van der Waals surface area contributed by atoms with E-state index in [1.807, 2.05) is 39.8 Å². The van der Waals surface area contributed by atoms with E-state index in [2.05, 4.69) is 41.6 Å². The van der Waals surface area contributed by atoms with Crippen molar-refractivity contribution in [1.82, 2.24) is 9.88 Å². The van der Waals surface area contributed by atoms with Gasteiger partial charge in [-0.3, -0.25) is 0 Å². The van der Waals surface area contributed by atoms with E-state index in [-0.39, 0.29) is 6.09 Å². The lowest BCUT2D eigenvalue weighted by molar-refractivity contribution is 0.0233. The number of ether oxygens (including phenoxy) is 1. The number of carbonyl (C=O) groups is 1. The lowest BCUT2D eigenvalue weighted by Gasteiger charge is -2.27. The largest absolute Gasteiger partial charge is 0.444 e. The van der Waals surface area contributed by atoms with Gasteiger partial charge in [0, 0.05) is 38.1 Å². The van der Waals surface area contributed by atoms with E-state index < -0.39 is 5.60 Å². The number of aromatic nitrogens is 1. The molecule has 1 aromatic heterocycles. The highest BCUT2D eigenvalue weighted by molar-refractivity contribution is 7.14. The predicted octanol–water partition coefficient (Wildman–Crippen LogP) is 5.02. The van der Waals surface area contributed by atoms with E-state index in [9.17, 15) is 4.79 Å². The van der Waals surface area contributed by atoms with Crippen molar-refractivity contribution in [3.05, 3.63) is 35.2 Å². The lowest BCUT2D eigenvalue weighted by atomic mass is 10.1. The van der Waals surface area contributed by atoms with E-state index in [0.29, 0.717) is 13.1 Å². The summed E-state index contributed by atoms with van der Waals surface area (Å²) in [6.45, 7) is 8.95. The Kier molecular flexibility index (Phi) is 6.64. The van der Waals surface area contributed by atoms with Gasteiger partial charge in [-0.15, -0.1) is 11.3 Å². The zero-order valence-corrected chi connectivity index (χ0v) is 17.4. The molecule has 1 amide bonds. The second-order valence-corrected chi connectivity index (χ2v) is 8.35. The predicted molar refractivity (Wildman–Crippen MR) is 109 cm³/mol. The van der Waals surface area contributed by atoms with E-state index in [0.717, 1.165) is 28.4 Å². The highest BCUT2D eigenvalue weighted by Gasteiger charge is 2.21. The van der Waals surface area contributed by atoms with Gasteiger partial charge in [0.25, 0.3) is 0 Å². The molecule has 26 heavy (non-hydrogen) atoms. The summed E-state index contributed by atoms with van der Waals surface area (Å²) in [6, 6.07) is 8.22. The van der Waals surface area contributed by atoms with Crippen molar-refractivity contribution in [1.29, 1.82) is 0 Å². The second kappa shape index (κ2) is 8.54. The minimum Gasteiger partial charge on any atom is -0.444 e. The quantitative estimate of drug-likeness (QED) is 0.711. The molecule has 5 nitrogen and oxygen atoms in total. The van der Waals surface area contributed by atoms with Gasteiger partial charge in [-0.25, -0.2) is 9.78 Å². The van der Waals surface area contributed by atoms with Gasteiger partial charge < -0.3 is 14.5 Å². The monoisotopic (exact) mass is 375 g/mol. The summed E-state index contributed by atoms with van der Waals surface area (Å²) in [5.41, 5.74) is 2.65. The molecule has 0 fully saturated rings. The molecule has 0 unspecified atom stereocenters. The number of hydrogen-bond donors (Lipinski definition) is 0. The average molecular weight is 376 g/mol. The van der Waals surface area contributed by atoms with Gasteiger partial charge in [0.1, 0.15) is 5.60 Å². The van der Waals surface area contributed by atoms with Gasteiger partial charge in [-0.05, 0) is 32.8 Å². The lowest BCUT2D eigenvalue weighted by Crippen LogP contribution is -2.36. The molecule has 0 saturated heterocycles. The summed E-state index contributed by atoms with van der Waals surface area (Å²) in [4.78, 5) is 20.8. The normalized spacial score (nSPS) is 11.3. The van der Waals surface area contributed by atoms with Gasteiger partial charge in [-0.2, -0.15) is 0 Å². The minimum absolute atomic E-state index is 0.265. The van der Waals surface area contributed by atoms with Crippen LogP contribution in [0.1, 0.15) is 39.7 Å². The number of anilines is 1. The van der Waals surface area contributed by atoms with Crippen molar-refractivity contribution in [3.8, 4) is 11.3 Å². The standard InChI is InChI=1S/C20H29N3O2S/c1-7-12-23(19(24)25-20(2,3)4)13-15-8-10-16(11-9-15)17-14-26-18(21-17)22(5)6/h8-11,14H,7,12-13H2,1-6H3. The summed E-state index contributed by atoms with van der Waals surface area (Å²) in [7, 11) is 3.98. The Hall–Kier alpha value is -2.08. The zero-order valence-electron chi connectivity index (χ0n) is 16.6. The molecule has 0 aliphatic carbocycles. The van der Waals surface area contributed by atoms with Crippen LogP contribution in [-0.2, 0) is 11.3 Å². The third-order valence-electron chi connectivity index (χ3n) is 3.64. The third-order valence-corrected chi connectivity index (χ3v) is 4.65. The Balaban J connectivity index is 2.09. The summed E-state index contributed by atoms with van der Waals surface area (Å²) < 4.78 is 5.52. The van der Waals surface area contributed by atoms with Crippen LogP contribution in [0.3, 0.4) is 0 Å². The van der Waals surface area contributed by atoms with Gasteiger partial charge in [0.15, 0.2) is 5.13 Å². The maximum atomic E-state index is 12.4. The van der Waals surface area contributed by atoms with Crippen molar-refractivity contribution < 1.29 is 9.53 Å². The van der Waals surface area contributed by atoms with Gasteiger partial charge in [-0.1, -0.05) is 31.2 Å². The number of rotatable bonds is 6. The van der Waals surface area contributed by atoms with Crippen molar-refractivity contribution in [2.75, 3.05) is 25.5 Å². The first-order valence-electron chi connectivity index (χ1n) is 8.89. The molecule has 0 N–H and O–H groups in total. The first-order chi connectivity index (χ1) is 12.2. The van der Waals surface area contributed by atoms with Gasteiger partial charge in [0.2, 0.25) is 0 Å². The Bertz CT molecular complexity index is 717. The average Bonchev–Trinajstić information content (AvgIpc) is 3.04. The SMILES string of the molecule is CCCN(Cc1ccc(-c2csc(N(C)C)n2)cc1)C(=O)OC(C)(C)C. The van der Waals surface area contributed by atoms with E-state index in [4.69, 9.17) is 4.74 Å². The molecule has 0 atom stereocenters. The molecule has 6 heteroatoms. The van der Waals surface area contributed by atoms with E-state index in [1.54, 1.807) is 16.2 Å². The first-order valence-corrected chi connectivity index (χ1v) is 9.77. The number of thiazole rings is 1. The fourth-order valence-electron chi connectivity index (χ4n) is 2.43. The second-order valence-electron chi connectivity index (χ2n) is 7.51. The van der Waals surface area contributed by atoms with Crippen molar-refractivity contribution in [2.24, 2.45) is 0 Å². The maximum absolute atomic E-state index is 12.4. The Morgan fingerprint density at radius 2 is 1.85 bits per heavy atom. The van der Waals surface area contributed by atoms with Crippen molar-refractivity contribution in [2.45, 2.75) is 46.3 Å². The van der Waals surface area contributed by atoms with Crippen LogP contribution in [0, 0.1) is 0 Å². The van der Waals surface area contributed by atoms with Crippen LogP contribution in [0.15, 0.2) is 29.6 Å². The van der Waals surface area contributed by atoms with Crippen LogP contribution in [0.25, 0.3) is 11.3 Å². The van der Waals surface area contributed by atoms with Crippen LogP contribution < -0.4 is 4.90 Å². The van der Waals surface area contributed by atoms with Gasteiger partial charge in [0.05, 0.1) is 5.69 Å². The third kappa shape index (κ3) is 5.73. The van der Waals surface area contributed by atoms with Crippen LogP contribution in [-0.4, -0.2) is 42.2 Å². The fraction of sp³-hybridized carbons (Fsp3) is 0.500. The van der Waals surface area contributed by atoms with E-state index in [1.165, 1.54) is 0 Å². The molecule has 0 radical (unpaired) electrons. The number of nitrogens with zero attached hydrogens (tertiary/aromatic N) is 3. The number of carbonyl (C=O) groups excluding carboxylic acids is 1. The maximum Gasteiger partial charge on any atom is 0.410 e. The van der Waals surface area contributed by atoms with Crippen LogP contribution in [0.4, 0.5) is 9.93 Å². The fourth-order valence-corrected chi connectivity index (χ4v) is 3.20. The molecule has 0 saturated carbocycles. The molecular weight excluding hydrogens is 346 g/mol. The molecule has 1 heterocycles. The van der Waals surface area contributed by atoms with E-state index >= 15 is 0 Å².